The third-order valence-corrected chi connectivity index (χ3v) is 4.88. The Balaban J connectivity index is 1.97. The van der Waals surface area contributed by atoms with Crippen molar-refractivity contribution in [1.29, 1.82) is 0 Å². The van der Waals surface area contributed by atoms with Gasteiger partial charge < -0.3 is 19.5 Å². The minimum absolute atomic E-state index is 0.196. The van der Waals surface area contributed by atoms with E-state index in [-0.39, 0.29) is 11.9 Å². The Morgan fingerprint density at radius 2 is 1.69 bits per heavy atom. The van der Waals surface area contributed by atoms with Gasteiger partial charge in [0.25, 0.3) is 5.91 Å². The van der Waals surface area contributed by atoms with Crippen LogP contribution < -0.4 is 19.5 Å². The first kappa shape index (κ1) is 20.4. The van der Waals surface area contributed by atoms with Gasteiger partial charge in [-0.1, -0.05) is 0 Å². The summed E-state index contributed by atoms with van der Waals surface area (Å²) in [5.41, 5.74) is 3.59. The van der Waals surface area contributed by atoms with E-state index >= 15 is 0 Å². The fraction of sp³-hybridized carbons (Fsp3) is 0.381. The number of nitrogens with one attached hydrogen (secondary N) is 1. The molecule has 29 heavy (non-hydrogen) atoms. The molecule has 154 valence electrons. The van der Waals surface area contributed by atoms with Gasteiger partial charge in [-0.3, -0.25) is 9.48 Å². The Hall–Kier alpha value is -3.29. The van der Waals surface area contributed by atoms with E-state index in [0.29, 0.717) is 28.5 Å². The molecule has 1 N–H and O–H groups in total. The lowest BCUT2D eigenvalue weighted by Gasteiger charge is -2.19. The number of benzene rings is 1. The van der Waals surface area contributed by atoms with Crippen molar-refractivity contribution < 1.29 is 19.0 Å². The molecular formula is C21H26N4O4. The highest BCUT2D eigenvalue weighted by Gasteiger charge is 2.21. The molecule has 0 aliphatic heterocycles. The van der Waals surface area contributed by atoms with Crippen LogP contribution in [0.5, 0.6) is 17.2 Å². The molecular weight excluding hydrogens is 372 g/mol. The van der Waals surface area contributed by atoms with Gasteiger partial charge in [0, 0.05) is 12.7 Å². The minimum Gasteiger partial charge on any atom is -0.493 e. The molecule has 0 saturated carbocycles. The van der Waals surface area contributed by atoms with Crippen molar-refractivity contribution in [3.63, 3.8) is 0 Å². The normalized spacial score (nSPS) is 12.0. The van der Waals surface area contributed by atoms with E-state index < -0.39 is 0 Å². The largest absolute Gasteiger partial charge is 0.493 e. The van der Waals surface area contributed by atoms with Crippen LogP contribution in [0.2, 0.25) is 0 Å². The van der Waals surface area contributed by atoms with Crippen LogP contribution in [0.15, 0.2) is 18.2 Å². The van der Waals surface area contributed by atoms with Crippen molar-refractivity contribution in [3.8, 4) is 17.2 Å². The van der Waals surface area contributed by atoms with Gasteiger partial charge in [0.2, 0.25) is 5.75 Å². The molecule has 2 aromatic heterocycles. The maximum absolute atomic E-state index is 13.1. The summed E-state index contributed by atoms with van der Waals surface area (Å²) in [5, 5.41) is 8.21. The molecule has 0 spiro atoms. The van der Waals surface area contributed by atoms with E-state index in [4.69, 9.17) is 14.2 Å². The van der Waals surface area contributed by atoms with Gasteiger partial charge in [0.1, 0.15) is 0 Å². The Morgan fingerprint density at radius 3 is 2.24 bits per heavy atom. The zero-order chi connectivity index (χ0) is 21.3. The van der Waals surface area contributed by atoms with Crippen molar-refractivity contribution in [1.82, 2.24) is 20.1 Å². The number of ether oxygens (including phenoxy) is 3. The van der Waals surface area contributed by atoms with Crippen LogP contribution in [-0.4, -0.2) is 42.0 Å². The van der Waals surface area contributed by atoms with Crippen molar-refractivity contribution in [3.05, 3.63) is 40.7 Å². The average molecular weight is 398 g/mol. The van der Waals surface area contributed by atoms with Crippen LogP contribution in [0.25, 0.3) is 11.0 Å². The van der Waals surface area contributed by atoms with E-state index in [9.17, 15) is 4.79 Å². The lowest BCUT2D eigenvalue weighted by molar-refractivity contribution is 0.0941. The van der Waals surface area contributed by atoms with Gasteiger partial charge in [-0.15, -0.1) is 0 Å². The molecule has 3 aromatic rings. The molecule has 1 amide bonds. The number of rotatable bonds is 6. The molecule has 1 unspecified atom stereocenters. The van der Waals surface area contributed by atoms with Crippen molar-refractivity contribution in [2.75, 3.05) is 21.3 Å². The van der Waals surface area contributed by atoms with Gasteiger partial charge in [-0.25, -0.2) is 4.98 Å². The first-order valence-corrected chi connectivity index (χ1v) is 9.22. The smallest absolute Gasteiger partial charge is 0.252 e. The Morgan fingerprint density at radius 1 is 1.07 bits per heavy atom. The van der Waals surface area contributed by atoms with Gasteiger partial charge in [0.05, 0.1) is 44.0 Å². The first-order chi connectivity index (χ1) is 13.8. The monoisotopic (exact) mass is 398 g/mol. The zero-order valence-electron chi connectivity index (χ0n) is 17.8. The highest BCUT2D eigenvalue weighted by atomic mass is 16.5. The maximum atomic E-state index is 13.1. The van der Waals surface area contributed by atoms with Gasteiger partial charge in [0.15, 0.2) is 17.1 Å². The van der Waals surface area contributed by atoms with E-state index in [1.807, 2.05) is 40.0 Å². The second-order valence-corrected chi connectivity index (χ2v) is 6.87. The highest BCUT2D eigenvalue weighted by molar-refractivity contribution is 6.06. The number of nitrogens with zero attached hydrogens (tertiary/aromatic N) is 3. The summed E-state index contributed by atoms with van der Waals surface area (Å²) >= 11 is 0. The molecule has 8 nitrogen and oxygen atoms in total. The Bertz CT molecular complexity index is 1050. The van der Waals surface area contributed by atoms with E-state index in [2.05, 4.69) is 15.4 Å². The average Bonchev–Trinajstić information content (AvgIpc) is 2.99. The fourth-order valence-electron chi connectivity index (χ4n) is 3.46. The molecule has 0 aliphatic carbocycles. The first-order valence-electron chi connectivity index (χ1n) is 9.22. The predicted molar refractivity (Wildman–Crippen MR) is 110 cm³/mol. The van der Waals surface area contributed by atoms with Gasteiger partial charge >= 0.3 is 0 Å². The molecule has 1 atom stereocenters. The fourth-order valence-corrected chi connectivity index (χ4v) is 3.46. The Kier molecular flexibility index (Phi) is 5.63. The van der Waals surface area contributed by atoms with Crippen molar-refractivity contribution in [2.24, 2.45) is 7.05 Å². The summed E-state index contributed by atoms with van der Waals surface area (Å²) in [6, 6.07) is 5.15. The molecule has 3 rings (SSSR count). The number of methoxy groups -OCH3 is 3. The van der Waals surface area contributed by atoms with Crippen LogP contribution in [0.4, 0.5) is 0 Å². The number of fused-ring (bicyclic) bond motifs is 1. The Labute approximate surface area is 169 Å². The van der Waals surface area contributed by atoms with E-state index in [1.54, 1.807) is 32.1 Å². The van der Waals surface area contributed by atoms with E-state index in [0.717, 1.165) is 22.3 Å². The lowest BCUT2D eigenvalue weighted by Crippen LogP contribution is -2.27. The van der Waals surface area contributed by atoms with Crippen LogP contribution in [0.3, 0.4) is 0 Å². The number of hydrogen-bond acceptors (Lipinski definition) is 6. The summed E-state index contributed by atoms with van der Waals surface area (Å²) in [5.74, 6) is 1.38. The van der Waals surface area contributed by atoms with Crippen LogP contribution in [0.1, 0.15) is 40.3 Å². The number of aromatic nitrogens is 3. The number of carbonyl (C=O) groups excluding carboxylic acids is 1. The summed E-state index contributed by atoms with van der Waals surface area (Å²) in [6.07, 6.45) is 0. The lowest BCUT2D eigenvalue weighted by atomic mass is 10.0. The number of amides is 1. The predicted octanol–water partition coefficient (Wildman–Crippen LogP) is 3.10. The third-order valence-electron chi connectivity index (χ3n) is 4.88. The highest BCUT2D eigenvalue weighted by Crippen LogP contribution is 2.39. The third kappa shape index (κ3) is 3.70. The van der Waals surface area contributed by atoms with Crippen molar-refractivity contribution >= 4 is 16.9 Å². The number of hydrogen-bond donors (Lipinski definition) is 1. The topological polar surface area (TPSA) is 87.5 Å². The molecule has 2 heterocycles. The summed E-state index contributed by atoms with van der Waals surface area (Å²) < 4.78 is 17.9. The van der Waals surface area contributed by atoms with Crippen LogP contribution in [0, 0.1) is 13.8 Å². The number of pyridine rings is 1. The van der Waals surface area contributed by atoms with Gasteiger partial charge in [-0.2, -0.15) is 5.10 Å². The molecule has 0 aliphatic rings. The standard InChI is InChI=1S/C21H26N4O4/c1-11-8-15(18-13(3)24-25(4)20(18)22-11)21(26)23-12(2)14-9-16(27-5)19(29-7)17(10-14)28-6/h8-10,12H,1-7H3,(H,23,26). The molecule has 0 radical (unpaired) electrons. The molecule has 0 bridgehead atoms. The van der Waals surface area contributed by atoms with Gasteiger partial charge in [-0.05, 0) is 44.5 Å². The van der Waals surface area contributed by atoms with Crippen LogP contribution >= 0.6 is 0 Å². The maximum Gasteiger partial charge on any atom is 0.252 e. The second-order valence-electron chi connectivity index (χ2n) is 6.87. The molecule has 1 aromatic carbocycles. The molecule has 0 fully saturated rings. The summed E-state index contributed by atoms with van der Waals surface area (Å²) in [4.78, 5) is 17.6. The minimum atomic E-state index is -0.295. The second kappa shape index (κ2) is 7.98. The van der Waals surface area contributed by atoms with Crippen molar-refractivity contribution in [2.45, 2.75) is 26.8 Å². The SMILES string of the molecule is COc1cc(C(C)NC(=O)c2cc(C)nc3c2c(C)nn3C)cc(OC)c1OC. The summed E-state index contributed by atoms with van der Waals surface area (Å²) in [7, 11) is 6.50. The number of carbonyl (C=O) groups is 1. The van der Waals surface area contributed by atoms with Crippen LogP contribution in [-0.2, 0) is 7.05 Å². The molecule has 0 saturated heterocycles. The quantitative estimate of drug-likeness (QED) is 0.687. The summed E-state index contributed by atoms with van der Waals surface area (Å²) in [6.45, 7) is 5.64. The molecule has 8 heteroatoms. The number of aryl methyl sites for hydroxylation is 3. The zero-order valence-corrected chi connectivity index (χ0v) is 17.8. The van der Waals surface area contributed by atoms with E-state index in [1.165, 1.54) is 0 Å².